The van der Waals surface area contributed by atoms with Gasteiger partial charge in [-0.15, -0.1) is 0 Å². The molecule has 2 aromatic rings. The van der Waals surface area contributed by atoms with Gasteiger partial charge in [0.15, 0.2) is 5.60 Å². The van der Waals surface area contributed by atoms with Crippen LogP contribution in [-0.4, -0.2) is 47.7 Å². The van der Waals surface area contributed by atoms with Crippen molar-refractivity contribution in [2.45, 2.75) is 57.2 Å². The van der Waals surface area contributed by atoms with E-state index in [4.69, 9.17) is 16.3 Å². The maximum atomic E-state index is 12.8. The molecule has 0 saturated heterocycles. The first-order valence-electron chi connectivity index (χ1n) is 10.3. The van der Waals surface area contributed by atoms with Crippen LogP contribution >= 0.6 is 11.6 Å². The lowest BCUT2D eigenvalue weighted by Crippen LogP contribution is -2.51. The summed E-state index contributed by atoms with van der Waals surface area (Å²) in [5.41, 5.74) is -0.969. The molecule has 0 unspecified atom stereocenters. The molecule has 7 nitrogen and oxygen atoms in total. The highest BCUT2D eigenvalue weighted by Gasteiger charge is 2.33. The van der Waals surface area contributed by atoms with Crippen LogP contribution in [0.15, 0.2) is 36.5 Å². The number of benzene rings is 1. The lowest BCUT2D eigenvalue weighted by molar-refractivity contribution is -0.135. The first-order valence-corrected chi connectivity index (χ1v) is 10.6. The average Bonchev–Trinajstić information content (AvgIpc) is 2.71. The number of anilines is 2. The number of hydrogen-bond donors (Lipinski definition) is 2. The van der Waals surface area contributed by atoms with E-state index in [0.717, 1.165) is 31.5 Å². The molecule has 1 saturated carbocycles. The Morgan fingerprint density at radius 1 is 1.10 bits per heavy atom. The van der Waals surface area contributed by atoms with Crippen molar-refractivity contribution in [1.29, 1.82) is 0 Å². The van der Waals surface area contributed by atoms with Crippen LogP contribution in [0, 0.1) is 0 Å². The maximum Gasteiger partial charge on any atom is 0.263 e. The first-order chi connectivity index (χ1) is 14.2. The summed E-state index contributed by atoms with van der Waals surface area (Å²) in [7, 11) is 3.91. The van der Waals surface area contributed by atoms with E-state index in [2.05, 4.69) is 20.6 Å². The molecule has 0 aliphatic heterocycles. The quantitative estimate of drug-likeness (QED) is 0.692. The highest BCUT2D eigenvalue weighted by molar-refractivity contribution is 6.30. The molecule has 3 rings (SSSR count). The van der Waals surface area contributed by atoms with Crippen LogP contribution in [-0.2, 0) is 4.79 Å². The number of aromatic nitrogens is 2. The summed E-state index contributed by atoms with van der Waals surface area (Å²) in [4.78, 5) is 23.6. The van der Waals surface area contributed by atoms with Crippen LogP contribution in [0.4, 0.5) is 11.8 Å². The van der Waals surface area contributed by atoms with Crippen molar-refractivity contribution >= 4 is 29.3 Å². The molecular weight excluding hydrogens is 402 g/mol. The molecule has 1 heterocycles. The Morgan fingerprint density at radius 2 is 1.73 bits per heavy atom. The lowest BCUT2D eigenvalue weighted by atomic mass is 9.90. The zero-order chi connectivity index (χ0) is 21.7. The highest BCUT2D eigenvalue weighted by Crippen LogP contribution is 2.24. The molecule has 0 bridgehead atoms. The number of nitrogens with zero attached hydrogens (tertiary/aromatic N) is 3. The normalized spacial score (nSPS) is 19.1. The monoisotopic (exact) mass is 431 g/mol. The Kier molecular flexibility index (Phi) is 7.02. The zero-order valence-electron chi connectivity index (χ0n) is 18.0. The van der Waals surface area contributed by atoms with Gasteiger partial charge in [-0.25, -0.2) is 4.98 Å². The van der Waals surface area contributed by atoms with Crippen LogP contribution in [0.3, 0.4) is 0 Å². The largest absolute Gasteiger partial charge is 0.478 e. The summed E-state index contributed by atoms with van der Waals surface area (Å²) in [6, 6.07) is 9.34. The topological polar surface area (TPSA) is 79.4 Å². The van der Waals surface area contributed by atoms with E-state index in [9.17, 15) is 4.79 Å². The summed E-state index contributed by atoms with van der Waals surface area (Å²) in [6.07, 6.45) is 5.44. The fourth-order valence-corrected chi connectivity index (χ4v) is 3.56. The number of rotatable bonds is 7. The minimum atomic E-state index is -0.969. The van der Waals surface area contributed by atoms with Crippen LogP contribution in [0.5, 0.6) is 5.75 Å². The second-order valence-corrected chi connectivity index (χ2v) is 8.80. The third-order valence-corrected chi connectivity index (χ3v) is 5.48. The summed E-state index contributed by atoms with van der Waals surface area (Å²) in [5, 5.41) is 7.20. The van der Waals surface area contributed by atoms with Gasteiger partial charge >= 0.3 is 0 Å². The first kappa shape index (κ1) is 22.2. The Morgan fingerprint density at radius 3 is 2.37 bits per heavy atom. The SMILES string of the molecule is CN(C)c1ccnc(NC2CCC(NC(=O)C(C)(C)Oc3ccc(Cl)cc3)CC2)n1. The number of carbonyl (C=O) groups is 1. The van der Waals surface area contributed by atoms with Gasteiger partial charge in [0.2, 0.25) is 5.95 Å². The number of amides is 1. The van der Waals surface area contributed by atoms with E-state index in [1.807, 2.05) is 25.1 Å². The van der Waals surface area contributed by atoms with Gasteiger partial charge in [0, 0.05) is 37.4 Å². The van der Waals surface area contributed by atoms with Crippen molar-refractivity contribution in [2.24, 2.45) is 0 Å². The summed E-state index contributed by atoms with van der Waals surface area (Å²) < 4.78 is 5.89. The minimum absolute atomic E-state index is 0.115. The van der Waals surface area contributed by atoms with Gasteiger partial charge < -0.3 is 20.3 Å². The third kappa shape index (κ3) is 5.98. The predicted octanol–water partition coefficient (Wildman–Crippen LogP) is 3.89. The van der Waals surface area contributed by atoms with Gasteiger partial charge in [-0.2, -0.15) is 4.98 Å². The summed E-state index contributed by atoms with van der Waals surface area (Å²) in [6.45, 7) is 3.55. The molecule has 2 N–H and O–H groups in total. The number of carbonyl (C=O) groups excluding carboxylic acids is 1. The molecule has 0 radical (unpaired) electrons. The number of hydrogen-bond acceptors (Lipinski definition) is 6. The van der Waals surface area contributed by atoms with E-state index < -0.39 is 5.60 Å². The molecule has 1 amide bonds. The molecule has 1 aliphatic rings. The molecule has 1 aliphatic carbocycles. The van der Waals surface area contributed by atoms with Crippen molar-refractivity contribution in [3.05, 3.63) is 41.6 Å². The fourth-order valence-electron chi connectivity index (χ4n) is 3.44. The Hall–Kier alpha value is -2.54. The molecule has 8 heteroatoms. The van der Waals surface area contributed by atoms with E-state index in [-0.39, 0.29) is 11.9 Å². The van der Waals surface area contributed by atoms with Gasteiger partial charge in [0.05, 0.1) is 0 Å². The standard InChI is InChI=1S/C22H30ClN5O2/c1-22(2,30-18-11-5-15(23)6-12-18)20(29)25-16-7-9-17(10-8-16)26-21-24-14-13-19(27-21)28(3)4/h5-6,11-14,16-17H,7-10H2,1-4H3,(H,25,29)(H,24,26,27). The molecular formula is C22H30ClN5O2. The van der Waals surface area contributed by atoms with Crippen LogP contribution in [0.25, 0.3) is 0 Å². The van der Waals surface area contributed by atoms with Crippen molar-refractivity contribution in [2.75, 3.05) is 24.3 Å². The molecule has 1 aromatic heterocycles. The highest BCUT2D eigenvalue weighted by atomic mass is 35.5. The van der Waals surface area contributed by atoms with Gasteiger partial charge in [0.25, 0.3) is 5.91 Å². The predicted molar refractivity (Wildman–Crippen MR) is 120 cm³/mol. The smallest absolute Gasteiger partial charge is 0.263 e. The molecule has 0 atom stereocenters. The van der Waals surface area contributed by atoms with E-state index in [1.54, 1.807) is 44.3 Å². The number of halogens is 1. The molecule has 1 fully saturated rings. The van der Waals surface area contributed by atoms with Crippen molar-refractivity contribution in [3.63, 3.8) is 0 Å². The summed E-state index contributed by atoms with van der Waals surface area (Å²) in [5.74, 6) is 2.02. The van der Waals surface area contributed by atoms with Gasteiger partial charge in [-0.05, 0) is 69.9 Å². The zero-order valence-corrected chi connectivity index (χ0v) is 18.7. The number of nitrogens with one attached hydrogen (secondary N) is 2. The fraction of sp³-hybridized carbons (Fsp3) is 0.500. The van der Waals surface area contributed by atoms with Crippen molar-refractivity contribution in [3.8, 4) is 5.75 Å². The van der Waals surface area contributed by atoms with E-state index in [0.29, 0.717) is 22.8 Å². The average molecular weight is 432 g/mol. The van der Waals surface area contributed by atoms with Crippen LogP contribution in [0.2, 0.25) is 5.02 Å². The molecule has 0 spiro atoms. The molecule has 30 heavy (non-hydrogen) atoms. The van der Waals surface area contributed by atoms with Crippen molar-refractivity contribution < 1.29 is 9.53 Å². The van der Waals surface area contributed by atoms with E-state index >= 15 is 0 Å². The van der Waals surface area contributed by atoms with Crippen LogP contribution in [0.1, 0.15) is 39.5 Å². The Balaban J connectivity index is 1.48. The second-order valence-electron chi connectivity index (χ2n) is 8.37. The Labute approximate surface area is 183 Å². The van der Waals surface area contributed by atoms with Crippen LogP contribution < -0.4 is 20.3 Å². The number of ether oxygens (including phenoxy) is 1. The maximum absolute atomic E-state index is 12.8. The van der Waals surface area contributed by atoms with Crippen molar-refractivity contribution in [1.82, 2.24) is 15.3 Å². The summed E-state index contributed by atoms with van der Waals surface area (Å²) >= 11 is 5.91. The second kappa shape index (κ2) is 9.51. The van der Waals surface area contributed by atoms with Gasteiger partial charge in [0.1, 0.15) is 11.6 Å². The van der Waals surface area contributed by atoms with Gasteiger partial charge in [-0.1, -0.05) is 11.6 Å². The molecule has 162 valence electrons. The lowest BCUT2D eigenvalue weighted by Gasteiger charge is -2.32. The molecule has 1 aromatic carbocycles. The minimum Gasteiger partial charge on any atom is -0.478 e. The van der Waals surface area contributed by atoms with E-state index in [1.165, 1.54) is 0 Å². The third-order valence-electron chi connectivity index (χ3n) is 5.23. The van der Waals surface area contributed by atoms with Gasteiger partial charge in [-0.3, -0.25) is 4.79 Å². The Bertz CT molecular complexity index is 849.